The Morgan fingerprint density at radius 2 is 1.29 bits per heavy atom. The molecule has 0 spiro atoms. The number of rotatable bonds is 2. The quantitative estimate of drug-likeness (QED) is 0.272. The zero-order valence-electron chi connectivity index (χ0n) is 8.41. The molecule has 0 aliphatic heterocycles. The smallest absolute Gasteiger partial charge is 0.311 e. The molecule has 17 heavy (non-hydrogen) atoms. The highest BCUT2D eigenvalue weighted by Gasteiger charge is 2.28. The van der Waals surface area contributed by atoms with Crippen LogP contribution in [0.1, 0.15) is 13.3 Å². The molecule has 0 aliphatic rings. The van der Waals surface area contributed by atoms with Crippen molar-refractivity contribution in [3.05, 3.63) is 29.1 Å². The van der Waals surface area contributed by atoms with Crippen LogP contribution in [0.2, 0.25) is 0 Å². The van der Waals surface area contributed by atoms with Crippen LogP contribution in [-0.4, -0.2) is 5.97 Å². The molecule has 0 aromatic heterocycles. The monoisotopic (exact) mass is 274 g/mol. The Balaban J connectivity index is 0.00000256. The van der Waals surface area contributed by atoms with Gasteiger partial charge in [-0.2, -0.15) is 22.3 Å². The van der Waals surface area contributed by atoms with E-state index < -0.39 is 40.8 Å². The van der Waals surface area contributed by atoms with E-state index in [1.54, 1.807) is 0 Å². The lowest BCUT2D eigenvalue weighted by atomic mass is 10.2. The third kappa shape index (κ3) is 2.87. The van der Waals surface area contributed by atoms with Crippen LogP contribution >= 0.6 is 13.5 Å². The highest BCUT2D eigenvalue weighted by molar-refractivity contribution is 7.59. The van der Waals surface area contributed by atoms with Crippen molar-refractivity contribution in [3.8, 4) is 5.75 Å². The molecule has 0 N–H and O–H groups in total. The summed E-state index contributed by atoms with van der Waals surface area (Å²) in [6, 6.07) is 0. The number of esters is 1. The lowest BCUT2D eigenvalue weighted by Gasteiger charge is -2.07. The van der Waals surface area contributed by atoms with Gasteiger partial charge in [0.1, 0.15) is 0 Å². The molecule has 0 unspecified atom stereocenters. The number of halogens is 5. The third-order valence-electron chi connectivity index (χ3n) is 1.67. The van der Waals surface area contributed by atoms with E-state index in [1.165, 1.54) is 6.92 Å². The molecule has 0 aliphatic carbocycles. The van der Waals surface area contributed by atoms with E-state index in [0.29, 0.717) is 0 Å². The molecule has 0 heterocycles. The van der Waals surface area contributed by atoms with Crippen LogP contribution < -0.4 is 4.74 Å². The first-order valence-corrected chi connectivity index (χ1v) is 4.12. The summed E-state index contributed by atoms with van der Waals surface area (Å²) in [6.45, 7) is 1.30. The fourth-order valence-corrected chi connectivity index (χ4v) is 0.860. The zero-order valence-corrected chi connectivity index (χ0v) is 9.41. The van der Waals surface area contributed by atoms with Crippen molar-refractivity contribution in [2.75, 3.05) is 0 Å². The molecule has 2 nitrogen and oxygen atoms in total. The average Bonchev–Trinajstić information content (AvgIpc) is 2.29. The molecular weight excluding hydrogens is 267 g/mol. The van der Waals surface area contributed by atoms with Crippen molar-refractivity contribution in [2.45, 2.75) is 13.3 Å². The molecule has 1 aromatic carbocycles. The van der Waals surface area contributed by atoms with E-state index >= 15 is 0 Å². The van der Waals surface area contributed by atoms with Crippen LogP contribution in [0.5, 0.6) is 5.75 Å². The maximum atomic E-state index is 12.9. The molecule has 0 radical (unpaired) electrons. The highest BCUT2D eigenvalue weighted by Crippen LogP contribution is 2.29. The molecule has 0 amide bonds. The molecule has 0 atom stereocenters. The van der Waals surface area contributed by atoms with Crippen molar-refractivity contribution < 1.29 is 31.5 Å². The molecule has 1 rings (SSSR count). The van der Waals surface area contributed by atoms with Gasteiger partial charge in [-0.1, -0.05) is 6.92 Å². The van der Waals surface area contributed by atoms with E-state index in [4.69, 9.17) is 0 Å². The Morgan fingerprint density at radius 3 is 1.65 bits per heavy atom. The number of hydrogen-bond donors (Lipinski definition) is 0. The van der Waals surface area contributed by atoms with Crippen molar-refractivity contribution in [3.63, 3.8) is 0 Å². The summed E-state index contributed by atoms with van der Waals surface area (Å²) < 4.78 is 67.6. The van der Waals surface area contributed by atoms with E-state index in [-0.39, 0.29) is 19.9 Å². The summed E-state index contributed by atoms with van der Waals surface area (Å²) in [5.41, 5.74) is 0. The fraction of sp³-hybridized carbons (Fsp3) is 0.222. The molecule has 8 heteroatoms. The van der Waals surface area contributed by atoms with Gasteiger partial charge in [-0.05, 0) is 0 Å². The highest BCUT2D eigenvalue weighted by atomic mass is 32.1. The molecule has 96 valence electrons. The van der Waals surface area contributed by atoms with E-state index in [1.807, 2.05) is 0 Å². The first-order chi connectivity index (χ1) is 7.40. The van der Waals surface area contributed by atoms with Gasteiger partial charge in [-0.15, -0.1) is 0 Å². The standard InChI is InChI=1S/C9H5F5O2.H2S/c1-2-3(15)16-9-7(13)5(11)4(10)6(12)8(9)14;/h2H2,1H3;1H2. The topological polar surface area (TPSA) is 26.3 Å². The predicted molar refractivity (Wildman–Crippen MR) is 52.5 cm³/mol. The van der Waals surface area contributed by atoms with E-state index in [9.17, 15) is 26.7 Å². The second-order valence-electron chi connectivity index (χ2n) is 2.73. The predicted octanol–water partition coefficient (Wildman–Crippen LogP) is 2.81. The van der Waals surface area contributed by atoms with Crippen LogP contribution in [0.15, 0.2) is 0 Å². The van der Waals surface area contributed by atoms with Gasteiger partial charge < -0.3 is 4.74 Å². The molecule has 0 bridgehead atoms. The summed E-state index contributed by atoms with van der Waals surface area (Å²) in [7, 11) is 0. The second-order valence-corrected chi connectivity index (χ2v) is 2.73. The Bertz CT molecular complexity index is 420. The summed E-state index contributed by atoms with van der Waals surface area (Å²) in [4.78, 5) is 10.7. The number of carbonyl (C=O) groups excluding carboxylic acids is 1. The van der Waals surface area contributed by atoms with Crippen LogP contribution in [-0.2, 0) is 4.79 Å². The Morgan fingerprint density at radius 1 is 0.941 bits per heavy atom. The van der Waals surface area contributed by atoms with Gasteiger partial charge in [0.2, 0.25) is 34.8 Å². The van der Waals surface area contributed by atoms with Gasteiger partial charge in [0, 0.05) is 6.42 Å². The van der Waals surface area contributed by atoms with Gasteiger partial charge in [0.25, 0.3) is 0 Å². The van der Waals surface area contributed by atoms with Crippen molar-refractivity contribution in [1.82, 2.24) is 0 Å². The molecule has 1 aromatic rings. The van der Waals surface area contributed by atoms with Gasteiger partial charge >= 0.3 is 5.97 Å². The van der Waals surface area contributed by atoms with Crippen LogP contribution in [0, 0.1) is 29.1 Å². The van der Waals surface area contributed by atoms with Crippen molar-refractivity contribution >= 4 is 19.5 Å². The molecule has 0 saturated carbocycles. The second kappa shape index (κ2) is 5.85. The first-order valence-electron chi connectivity index (χ1n) is 4.12. The van der Waals surface area contributed by atoms with Gasteiger partial charge in [-0.3, -0.25) is 4.79 Å². The van der Waals surface area contributed by atoms with Crippen LogP contribution in [0.3, 0.4) is 0 Å². The van der Waals surface area contributed by atoms with Crippen LogP contribution in [0.4, 0.5) is 22.0 Å². The largest absolute Gasteiger partial charge is 0.420 e. The minimum Gasteiger partial charge on any atom is -0.420 e. The Kier molecular flexibility index (Phi) is 5.40. The van der Waals surface area contributed by atoms with Gasteiger partial charge in [-0.25, -0.2) is 13.2 Å². The third-order valence-corrected chi connectivity index (χ3v) is 1.67. The average molecular weight is 274 g/mol. The minimum absolute atomic E-state index is 0. The Labute approximate surface area is 99.8 Å². The number of carbonyl (C=O) groups is 1. The Hall–Kier alpha value is -1.31. The molecule has 0 saturated heterocycles. The molecular formula is C9H7F5O2S. The van der Waals surface area contributed by atoms with Crippen molar-refractivity contribution in [2.24, 2.45) is 0 Å². The van der Waals surface area contributed by atoms with E-state index in [0.717, 1.165) is 0 Å². The lowest BCUT2D eigenvalue weighted by Crippen LogP contribution is -2.12. The maximum Gasteiger partial charge on any atom is 0.311 e. The fourth-order valence-electron chi connectivity index (χ4n) is 0.860. The number of benzene rings is 1. The van der Waals surface area contributed by atoms with Crippen molar-refractivity contribution in [1.29, 1.82) is 0 Å². The first kappa shape index (κ1) is 15.7. The SMILES string of the molecule is CCC(=O)Oc1c(F)c(F)c(F)c(F)c1F.S. The summed E-state index contributed by atoms with van der Waals surface area (Å²) in [6.07, 6.45) is -0.264. The maximum absolute atomic E-state index is 12.9. The van der Waals surface area contributed by atoms with Gasteiger partial charge in [0.15, 0.2) is 0 Å². The number of ether oxygens (including phenoxy) is 1. The van der Waals surface area contributed by atoms with E-state index in [2.05, 4.69) is 4.74 Å². The number of hydrogen-bond acceptors (Lipinski definition) is 2. The zero-order chi connectivity index (χ0) is 12.5. The van der Waals surface area contributed by atoms with Gasteiger partial charge in [0.05, 0.1) is 0 Å². The van der Waals surface area contributed by atoms with Crippen LogP contribution in [0.25, 0.3) is 0 Å². The molecule has 0 fully saturated rings. The minimum atomic E-state index is -2.30. The normalized spacial score (nSPS) is 9.76. The summed E-state index contributed by atoms with van der Waals surface area (Å²) in [5.74, 6) is -13.6. The summed E-state index contributed by atoms with van der Waals surface area (Å²) in [5, 5.41) is 0. The lowest BCUT2D eigenvalue weighted by molar-refractivity contribution is -0.134. The summed E-state index contributed by atoms with van der Waals surface area (Å²) >= 11 is 0.